The van der Waals surface area contributed by atoms with Gasteiger partial charge in [-0.3, -0.25) is 0 Å². The minimum absolute atomic E-state index is 0.103. The minimum Gasteiger partial charge on any atom is -0.323 e. The van der Waals surface area contributed by atoms with Crippen molar-refractivity contribution in [3.05, 3.63) is 82.8 Å². The summed E-state index contributed by atoms with van der Waals surface area (Å²) in [4.78, 5) is 9.24. The lowest BCUT2D eigenvalue weighted by Crippen LogP contribution is -1.97. The summed E-state index contributed by atoms with van der Waals surface area (Å²) >= 11 is 7.37. The third-order valence-electron chi connectivity index (χ3n) is 4.44. The number of nitrogens with zero attached hydrogens (tertiary/aromatic N) is 2. The second kappa shape index (κ2) is 7.97. The molecule has 1 heterocycles. The number of rotatable bonds is 4. The van der Waals surface area contributed by atoms with Crippen molar-refractivity contribution >= 4 is 40.1 Å². The third kappa shape index (κ3) is 4.04. The molecule has 1 aromatic heterocycles. The normalized spacial score (nSPS) is 11.1. The number of aromatic nitrogens is 2. The fourth-order valence-corrected chi connectivity index (χ4v) is 4.00. The summed E-state index contributed by atoms with van der Waals surface area (Å²) < 4.78 is 32.7. The lowest BCUT2D eigenvalue weighted by atomic mass is 10.0. The van der Waals surface area contributed by atoms with Gasteiger partial charge in [-0.05, 0) is 73.3 Å². The van der Waals surface area contributed by atoms with Crippen molar-refractivity contribution in [2.45, 2.75) is 18.7 Å². The van der Waals surface area contributed by atoms with Crippen LogP contribution in [0.25, 0.3) is 22.0 Å². The van der Waals surface area contributed by atoms with E-state index < -0.39 is 11.6 Å². The largest absolute Gasteiger partial charge is 0.323 e. The molecule has 0 amide bonds. The Bertz CT molecular complexity index is 1230. The number of benzene rings is 3. The van der Waals surface area contributed by atoms with E-state index in [0.717, 1.165) is 16.0 Å². The van der Waals surface area contributed by atoms with Gasteiger partial charge in [0.05, 0.1) is 21.8 Å². The Balaban J connectivity index is 1.70. The molecule has 4 aromatic rings. The summed E-state index contributed by atoms with van der Waals surface area (Å²) in [6.45, 7) is 3.74. The van der Waals surface area contributed by atoms with E-state index in [1.807, 2.05) is 19.1 Å². The van der Waals surface area contributed by atoms with Crippen LogP contribution in [-0.4, -0.2) is 9.97 Å². The first-order valence-corrected chi connectivity index (χ1v) is 10.0. The molecule has 29 heavy (non-hydrogen) atoms. The molecule has 3 aromatic carbocycles. The highest BCUT2D eigenvalue weighted by atomic mass is 35.5. The van der Waals surface area contributed by atoms with E-state index in [0.29, 0.717) is 21.8 Å². The van der Waals surface area contributed by atoms with E-state index in [9.17, 15) is 4.39 Å². The first-order valence-electron chi connectivity index (χ1n) is 8.83. The topological polar surface area (TPSA) is 37.8 Å². The molecule has 0 saturated heterocycles. The number of halogens is 3. The number of hydrogen-bond donors (Lipinski definition) is 1. The molecule has 0 spiro atoms. The maximum atomic E-state index is 15.2. The number of anilines is 1. The third-order valence-corrected chi connectivity index (χ3v) is 5.76. The number of fused-ring (bicyclic) bond motifs is 1. The van der Waals surface area contributed by atoms with E-state index in [1.54, 1.807) is 37.4 Å². The molecule has 3 nitrogen and oxygen atoms in total. The lowest BCUT2D eigenvalue weighted by Gasteiger charge is -2.13. The quantitative estimate of drug-likeness (QED) is 0.357. The Hall–Kier alpha value is -2.70. The van der Waals surface area contributed by atoms with Crippen molar-refractivity contribution in [2.24, 2.45) is 0 Å². The highest BCUT2D eigenvalue weighted by Crippen LogP contribution is 2.35. The van der Waals surface area contributed by atoms with Gasteiger partial charge in [-0.2, -0.15) is 0 Å². The Morgan fingerprint density at radius 1 is 1.00 bits per heavy atom. The molecule has 0 unspecified atom stereocenters. The maximum absolute atomic E-state index is 15.2. The smallest absolute Gasteiger partial charge is 0.157 e. The maximum Gasteiger partial charge on any atom is 0.157 e. The van der Waals surface area contributed by atoms with Crippen molar-refractivity contribution in [3.8, 4) is 11.1 Å². The molecule has 0 saturated carbocycles. The SMILES string of the molecule is Cc1ccc(Cl)c(SNc2ccc(F)c(-c3ccc4nc(C)ncc4c3)c2F)c1. The molecule has 0 aliphatic rings. The molecule has 146 valence electrons. The first-order chi connectivity index (χ1) is 13.9. The zero-order chi connectivity index (χ0) is 20.5. The molecule has 0 radical (unpaired) electrons. The van der Waals surface area contributed by atoms with E-state index in [2.05, 4.69) is 14.7 Å². The molecule has 0 bridgehead atoms. The van der Waals surface area contributed by atoms with Crippen LogP contribution in [0.3, 0.4) is 0 Å². The van der Waals surface area contributed by atoms with E-state index in [4.69, 9.17) is 11.6 Å². The van der Waals surface area contributed by atoms with Crippen molar-refractivity contribution < 1.29 is 8.78 Å². The molecule has 4 rings (SSSR count). The summed E-state index contributed by atoms with van der Waals surface area (Å²) in [5, 5.41) is 1.27. The Morgan fingerprint density at radius 2 is 1.83 bits per heavy atom. The Labute approximate surface area is 176 Å². The summed E-state index contributed by atoms with van der Waals surface area (Å²) in [7, 11) is 0. The standard InChI is InChI=1S/C22H16ClF2N3S/c1-12-3-5-16(23)20(9-12)29-28-19-8-6-17(24)21(22(19)25)14-4-7-18-15(10-14)11-26-13(2)27-18/h3-11,28H,1-2H3. The van der Waals surface area contributed by atoms with Crippen LogP contribution in [0.5, 0.6) is 0 Å². The first kappa shape index (κ1) is 19.6. The molecule has 1 N–H and O–H groups in total. The van der Waals surface area contributed by atoms with Crippen molar-refractivity contribution in [2.75, 3.05) is 4.72 Å². The van der Waals surface area contributed by atoms with Gasteiger partial charge < -0.3 is 4.72 Å². The van der Waals surface area contributed by atoms with Crippen LogP contribution in [0.15, 0.2) is 59.6 Å². The Morgan fingerprint density at radius 3 is 2.66 bits per heavy atom. The molecule has 0 fully saturated rings. The van der Waals surface area contributed by atoms with Gasteiger partial charge in [0.25, 0.3) is 0 Å². The second-order valence-corrected chi connectivity index (χ2v) is 7.87. The Kier molecular flexibility index (Phi) is 5.39. The molecule has 0 aliphatic carbocycles. The predicted octanol–water partition coefficient (Wildman–Crippen LogP) is 6.96. The highest BCUT2D eigenvalue weighted by molar-refractivity contribution is 8.00. The number of aryl methyl sites for hydroxylation is 2. The lowest BCUT2D eigenvalue weighted by molar-refractivity contribution is 0.592. The van der Waals surface area contributed by atoms with Gasteiger partial charge in [0.15, 0.2) is 5.82 Å². The minimum atomic E-state index is -0.673. The monoisotopic (exact) mass is 427 g/mol. The van der Waals surface area contributed by atoms with Crippen LogP contribution in [0.4, 0.5) is 14.5 Å². The zero-order valence-corrected chi connectivity index (χ0v) is 17.2. The van der Waals surface area contributed by atoms with Crippen molar-refractivity contribution in [3.63, 3.8) is 0 Å². The summed E-state index contributed by atoms with van der Waals surface area (Å²) in [6, 6.07) is 13.3. The highest BCUT2D eigenvalue weighted by Gasteiger charge is 2.17. The molecule has 0 aliphatic heterocycles. The van der Waals surface area contributed by atoms with Crippen LogP contribution in [0, 0.1) is 25.5 Å². The summed E-state index contributed by atoms with van der Waals surface area (Å²) in [5.74, 6) is -0.673. The van der Waals surface area contributed by atoms with Gasteiger partial charge in [0.1, 0.15) is 11.6 Å². The van der Waals surface area contributed by atoms with Gasteiger partial charge in [-0.1, -0.05) is 23.7 Å². The number of hydrogen-bond acceptors (Lipinski definition) is 4. The average molecular weight is 428 g/mol. The second-order valence-electron chi connectivity index (χ2n) is 6.61. The van der Waals surface area contributed by atoms with Crippen LogP contribution >= 0.6 is 23.5 Å². The van der Waals surface area contributed by atoms with Crippen molar-refractivity contribution in [1.29, 1.82) is 0 Å². The van der Waals surface area contributed by atoms with Gasteiger partial charge in [0.2, 0.25) is 0 Å². The molecule has 0 atom stereocenters. The van der Waals surface area contributed by atoms with Gasteiger partial charge in [-0.25, -0.2) is 18.7 Å². The summed E-state index contributed by atoms with van der Waals surface area (Å²) in [6.07, 6.45) is 1.65. The van der Waals surface area contributed by atoms with Crippen LogP contribution in [0.2, 0.25) is 5.02 Å². The van der Waals surface area contributed by atoms with Crippen molar-refractivity contribution in [1.82, 2.24) is 9.97 Å². The molecule has 7 heteroatoms. The van der Waals surface area contributed by atoms with Crippen LogP contribution < -0.4 is 4.72 Å². The molecular formula is C22H16ClF2N3S. The fraction of sp³-hybridized carbons (Fsp3) is 0.0909. The van der Waals surface area contributed by atoms with Gasteiger partial charge >= 0.3 is 0 Å². The fourth-order valence-electron chi connectivity index (χ4n) is 2.98. The zero-order valence-electron chi connectivity index (χ0n) is 15.6. The predicted molar refractivity (Wildman–Crippen MR) is 115 cm³/mol. The van der Waals surface area contributed by atoms with E-state index in [1.165, 1.54) is 24.1 Å². The average Bonchev–Trinajstić information content (AvgIpc) is 2.70. The van der Waals surface area contributed by atoms with E-state index >= 15 is 4.39 Å². The molecular weight excluding hydrogens is 412 g/mol. The van der Waals surface area contributed by atoms with E-state index in [-0.39, 0.29) is 11.3 Å². The van der Waals surface area contributed by atoms with Gasteiger partial charge in [-0.15, -0.1) is 0 Å². The van der Waals surface area contributed by atoms with Crippen LogP contribution in [-0.2, 0) is 0 Å². The summed E-state index contributed by atoms with van der Waals surface area (Å²) in [5.41, 5.74) is 2.24. The number of nitrogens with one attached hydrogen (secondary N) is 1. The van der Waals surface area contributed by atoms with Gasteiger partial charge in [0, 0.05) is 16.5 Å². The van der Waals surface area contributed by atoms with Crippen LogP contribution in [0.1, 0.15) is 11.4 Å².